The van der Waals surface area contributed by atoms with Gasteiger partial charge in [-0.1, -0.05) is 59.9 Å². The fourth-order valence-corrected chi connectivity index (χ4v) is 5.16. The number of fused-ring (bicyclic) bond motifs is 1. The van der Waals surface area contributed by atoms with Crippen LogP contribution in [-0.4, -0.2) is 20.3 Å². The van der Waals surface area contributed by atoms with E-state index in [4.69, 9.17) is 0 Å². The van der Waals surface area contributed by atoms with Crippen LogP contribution in [0.1, 0.15) is 29.8 Å². The molecule has 0 spiro atoms. The lowest BCUT2D eigenvalue weighted by Crippen LogP contribution is -2.40. The van der Waals surface area contributed by atoms with E-state index in [2.05, 4.69) is 15.4 Å². The number of allylic oxidation sites excluding steroid dienone is 1. The van der Waals surface area contributed by atoms with Gasteiger partial charge in [0.25, 0.3) is 11.5 Å². The molecule has 7 nitrogen and oxygen atoms in total. The number of hydrogen-bond acceptors (Lipinski definition) is 5. The van der Waals surface area contributed by atoms with Crippen molar-refractivity contribution in [1.82, 2.24) is 14.3 Å². The largest absolute Gasteiger partial charge is 0.322 e. The van der Waals surface area contributed by atoms with Crippen molar-refractivity contribution in [2.45, 2.75) is 19.9 Å². The molecule has 5 rings (SSSR count). The van der Waals surface area contributed by atoms with Gasteiger partial charge in [0.1, 0.15) is 6.04 Å². The Morgan fingerprint density at radius 1 is 1.06 bits per heavy atom. The van der Waals surface area contributed by atoms with Crippen LogP contribution < -0.4 is 20.2 Å². The molecule has 4 aromatic rings. The molecular formula is C26H23N5O2S. The lowest BCUT2D eigenvalue weighted by Gasteiger charge is -2.25. The van der Waals surface area contributed by atoms with Gasteiger partial charge in [0.15, 0.2) is 4.80 Å². The quantitative estimate of drug-likeness (QED) is 0.499. The number of thiazole rings is 1. The standard InChI is InChI=1S/C26H23N5O2S/c1-16-22(24(32)29-19-12-8-5-9-13-19)23(20-15-27-30(3)17(20)2)31-25(33)21(34-26(31)28-16)14-18-10-6-4-7-11-18/h4-15,23H,1-3H3,(H,29,32)/b21-14+/t23-/m1/s1. The first kappa shape index (κ1) is 21.8. The van der Waals surface area contributed by atoms with Crippen molar-refractivity contribution < 1.29 is 4.79 Å². The Balaban J connectivity index is 1.70. The number of para-hydroxylation sites is 1. The average molecular weight is 470 g/mol. The highest BCUT2D eigenvalue weighted by Gasteiger charge is 2.34. The molecule has 8 heteroatoms. The summed E-state index contributed by atoms with van der Waals surface area (Å²) in [5, 5.41) is 7.34. The van der Waals surface area contributed by atoms with E-state index in [1.807, 2.05) is 87.6 Å². The molecule has 1 amide bonds. The average Bonchev–Trinajstić information content (AvgIpc) is 3.32. The maximum atomic E-state index is 13.7. The van der Waals surface area contributed by atoms with Gasteiger partial charge >= 0.3 is 0 Å². The van der Waals surface area contributed by atoms with Gasteiger partial charge in [0, 0.05) is 24.0 Å². The minimum atomic E-state index is -0.633. The molecule has 2 aromatic heterocycles. The summed E-state index contributed by atoms with van der Waals surface area (Å²) < 4.78 is 3.93. The Labute approximate surface area is 200 Å². The Kier molecular flexibility index (Phi) is 5.59. The maximum Gasteiger partial charge on any atom is 0.271 e. The van der Waals surface area contributed by atoms with E-state index in [1.165, 1.54) is 11.3 Å². The summed E-state index contributed by atoms with van der Waals surface area (Å²) in [6.45, 7) is 3.75. The third-order valence-electron chi connectivity index (χ3n) is 5.96. The zero-order chi connectivity index (χ0) is 23.8. The molecule has 0 unspecified atom stereocenters. The number of aryl methyl sites for hydroxylation is 1. The van der Waals surface area contributed by atoms with Crippen molar-refractivity contribution in [2.75, 3.05) is 5.32 Å². The van der Waals surface area contributed by atoms with Crippen LogP contribution in [0.2, 0.25) is 0 Å². The van der Waals surface area contributed by atoms with Crippen LogP contribution in [0, 0.1) is 6.92 Å². The van der Waals surface area contributed by atoms with Gasteiger partial charge in [-0.25, -0.2) is 4.99 Å². The maximum absolute atomic E-state index is 13.7. The smallest absolute Gasteiger partial charge is 0.271 e. The molecule has 1 aliphatic heterocycles. The van der Waals surface area contributed by atoms with Gasteiger partial charge in [0.2, 0.25) is 0 Å². The van der Waals surface area contributed by atoms with E-state index in [0.717, 1.165) is 16.8 Å². The Morgan fingerprint density at radius 3 is 2.38 bits per heavy atom. The van der Waals surface area contributed by atoms with Crippen LogP contribution in [0.3, 0.4) is 0 Å². The first-order chi connectivity index (χ1) is 16.4. The second kappa shape index (κ2) is 8.72. The fraction of sp³-hybridized carbons (Fsp3) is 0.154. The summed E-state index contributed by atoms with van der Waals surface area (Å²) in [6.07, 6.45) is 3.59. The molecule has 34 heavy (non-hydrogen) atoms. The van der Waals surface area contributed by atoms with Gasteiger partial charge in [0.05, 0.1) is 22.0 Å². The van der Waals surface area contributed by atoms with Crippen molar-refractivity contribution in [3.05, 3.63) is 115 Å². The number of nitrogens with one attached hydrogen (secondary N) is 1. The van der Waals surface area contributed by atoms with Crippen molar-refractivity contribution in [3.8, 4) is 0 Å². The van der Waals surface area contributed by atoms with Crippen LogP contribution in [0.5, 0.6) is 0 Å². The fourth-order valence-electron chi connectivity index (χ4n) is 4.11. The molecular weight excluding hydrogens is 446 g/mol. The van der Waals surface area contributed by atoms with Gasteiger partial charge in [-0.3, -0.25) is 18.8 Å². The molecule has 1 atom stereocenters. The van der Waals surface area contributed by atoms with E-state index < -0.39 is 6.04 Å². The van der Waals surface area contributed by atoms with Gasteiger partial charge in [-0.05, 0) is 37.6 Å². The zero-order valence-electron chi connectivity index (χ0n) is 19.0. The van der Waals surface area contributed by atoms with E-state index in [9.17, 15) is 9.59 Å². The first-order valence-electron chi connectivity index (χ1n) is 10.9. The van der Waals surface area contributed by atoms with Crippen molar-refractivity contribution in [2.24, 2.45) is 12.0 Å². The lowest BCUT2D eigenvalue weighted by molar-refractivity contribution is -0.113. The first-order valence-corrected chi connectivity index (χ1v) is 11.7. The number of amides is 1. The molecule has 0 bridgehead atoms. The summed E-state index contributed by atoms with van der Waals surface area (Å²) in [5.41, 5.74) is 4.10. The number of hydrogen-bond donors (Lipinski definition) is 1. The van der Waals surface area contributed by atoms with Crippen molar-refractivity contribution in [3.63, 3.8) is 0 Å². The van der Waals surface area contributed by atoms with E-state index in [0.29, 0.717) is 26.3 Å². The van der Waals surface area contributed by atoms with Crippen LogP contribution >= 0.6 is 11.3 Å². The summed E-state index contributed by atoms with van der Waals surface area (Å²) in [6, 6.07) is 18.3. The van der Waals surface area contributed by atoms with Gasteiger partial charge < -0.3 is 5.32 Å². The molecule has 1 N–H and O–H groups in total. The number of aromatic nitrogens is 3. The molecule has 0 saturated carbocycles. The molecule has 0 aliphatic carbocycles. The van der Waals surface area contributed by atoms with E-state index in [1.54, 1.807) is 15.4 Å². The van der Waals surface area contributed by atoms with E-state index >= 15 is 0 Å². The molecule has 1 aliphatic rings. The zero-order valence-corrected chi connectivity index (χ0v) is 19.8. The topological polar surface area (TPSA) is 81.3 Å². The van der Waals surface area contributed by atoms with Crippen LogP contribution in [0.25, 0.3) is 6.08 Å². The molecule has 0 saturated heterocycles. The summed E-state index contributed by atoms with van der Waals surface area (Å²) >= 11 is 1.32. The summed E-state index contributed by atoms with van der Waals surface area (Å²) in [4.78, 5) is 32.4. The number of benzene rings is 2. The predicted molar refractivity (Wildman–Crippen MR) is 133 cm³/mol. The lowest BCUT2D eigenvalue weighted by atomic mass is 9.95. The third kappa shape index (κ3) is 3.82. The second-order valence-electron chi connectivity index (χ2n) is 8.12. The molecule has 2 aromatic carbocycles. The molecule has 170 valence electrons. The number of nitrogens with zero attached hydrogens (tertiary/aromatic N) is 4. The molecule has 0 fully saturated rings. The summed E-state index contributed by atoms with van der Waals surface area (Å²) in [7, 11) is 1.85. The highest BCUT2D eigenvalue weighted by Crippen LogP contribution is 2.32. The summed E-state index contributed by atoms with van der Waals surface area (Å²) in [5.74, 6) is -0.293. The van der Waals surface area contributed by atoms with E-state index in [-0.39, 0.29) is 11.5 Å². The highest BCUT2D eigenvalue weighted by molar-refractivity contribution is 7.07. The van der Waals surface area contributed by atoms with Crippen molar-refractivity contribution in [1.29, 1.82) is 0 Å². The third-order valence-corrected chi connectivity index (χ3v) is 6.95. The monoisotopic (exact) mass is 469 g/mol. The normalized spacial score (nSPS) is 15.7. The molecule has 0 radical (unpaired) electrons. The number of rotatable bonds is 4. The van der Waals surface area contributed by atoms with Gasteiger partial charge in [-0.2, -0.15) is 5.10 Å². The highest BCUT2D eigenvalue weighted by atomic mass is 32.1. The number of carbonyl (C=O) groups excluding carboxylic acids is 1. The predicted octanol–water partition coefficient (Wildman–Crippen LogP) is 2.92. The van der Waals surface area contributed by atoms with Crippen LogP contribution in [0.15, 0.2) is 87.9 Å². The Morgan fingerprint density at radius 2 is 1.74 bits per heavy atom. The minimum absolute atomic E-state index is 0.182. The van der Waals surface area contributed by atoms with Crippen molar-refractivity contribution >= 4 is 29.0 Å². The minimum Gasteiger partial charge on any atom is -0.322 e. The SMILES string of the molecule is CC1=C(C(=O)Nc2ccccc2)[C@@H](c2cnn(C)c2C)n2c(s/c(=C/c3ccccc3)c2=O)=N1. The Bertz CT molecular complexity index is 1590. The van der Waals surface area contributed by atoms with Crippen LogP contribution in [0.4, 0.5) is 5.69 Å². The Hall–Kier alpha value is -4.04. The second-order valence-corrected chi connectivity index (χ2v) is 9.13. The van der Waals surface area contributed by atoms with Crippen LogP contribution in [-0.2, 0) is 11.8 Å². The number of carbonyl (C=O) groups is 1. The number of anilines is 1. The molecule has 3 heterocycles. The van der Waals surface area contributed by atoms with Gasteiger partial charge in [-0.15, -0.1) is 0 Å².